The van der Waals surface area contributed by atoms with Crippen molar-refractivity contribution in [3.05, 3.63) is 12.2 Å². The lowest BCUT2D eigenvalue weighted by Crippen LogP contribution is -2.10. The van der Waals surface area contributed by atoms with E-state index in [1.165, 1.54) is 0 Å². The third kappa shape index (κ3) is 2.34. The molecule has 1 unspecified atom stereocenters. The van der Waals surface area contributed by atoms with Crippen LogP contribution < -0.4 is 0 Å². The summed E-state index contributed by atoms with van der Waals surface area (Å²) in [7, 11) is 0. The number of hydrogen-bond acceptors (Lipinski definition) is 3. The third-order valence-corrected chi connectivity index (χ3v) is 1.82. The first-order valence-corrected chi connectivity index (χ1v) is 4.20. The summed E-state index contributed by atoms with van der Waals surface area (Å²) in [6, 6.07) is 0. The Morgan fingerprint density at radius 1 is 1.75 bits per heavy atom. The van der Waals surface area contributed by atoms with Crippen molar-refractivity contribution in [1.29, 1.82) is 0 Å². The van der Waals surface area contributed by atoms with E-state index < -0.39 is 0 Å². The van der Waals surface area contributed by atoms with Gasteiger partial charge in [0.2, 0.25) is 0 Å². The zero-order valence-electron chi connectivity index (χ0n) is 7.34. The second-order valence-corrected chi connectivity index (χ2v) is 2.82. The molecule has 1 aliphatic heterocycles. The first-order chi connectivity index (χ1) is 5.74. The largest absolute Gasteiger partial charge is 0.459 e. The molecule has 0 saturated carbocycles. The smallest absolute Gasteiger partial charge is 0.333 e. The van der Waals surface area contributed by atoms with Crippen LogP contribution in [-0.2, 0) is 14.3 Å². The van der Waals surface area contributed by atoms with Gasteiger partial charge in [-0.1, -0.05) is 6.58 Å². The van der Waals surface area contributed by atoms with E-state index in [-0.39, 0.29) is 12.1 Å². The minimum Gasteiger partial charge on any atom is -0.459 e. The molecule has 3 heteroatoms. The van der Waals surface area contributed by atoms with Crippen LogP contribution in [0, 0.1) is 0 Å². The molecule has 0 aromatic carbocycles. The van der Waals surface area contributed by atoms with E-state index in [2.05, 4.69) is 6.58 Å². The Balaban J connectivity index is 2.19. The third-order valence-electron chi connectivity index (χ3n) is 1.82. The molecule has 1 saturated heterocycles. The van der Waals surface area contributed by atoms with Crippen LogP contribution in [-0.4, -0.2) is 25.3 Å². The SMILES string of the molecule is C=C1CC(CCOCC)OC1=O. The predicted octanol–water partition coefficient (Wildman–Crippen LogP) is 1.28. The van der Waals surface area contributed by atoms with Gasteiger partial charge in [0.05, 0.1) is 6.61 Å². The summed E-state index contributed by atoms with van der Waals surface area (Å²) < 4.78 is 10.1. The van der Waals surface area contributed by atoms with Gasteiger partial charge in [0.1, 0.15) is 6.10 Å². The van der Waals surface area contributed by atoms with Gasteiger partial charge in [-0.15, -0.1) is 0 Å². The summed E-state index contributed by atoms with van der Waals surface area (Å²) in [5.74, 6) is -0.253. The van der Waals surface area contributed by atoms with E-state index in [1.54, 1.807) is 0 Å². The Labute approximate surface area is 72.4 Å². The number of carbonyl (C=O) groups is 1. The molecule has 1 aliphatic rings. The average molecular weight is 170 g/mol. The number of hydrogen-bond donors (Lipinski definition) is 0. The van der Waals surface area contributed by atoms with Gasteiger partial charge < -0.3 is 9.47 Å². The summed E-state index contributed by atoms with van der Waals surface area (Å²) in [4.78, 5) is 10.9. The number of rotatable bonds is 4. The highest BCUT2D eigenvalue weighted by Crippen LogP contribution is 2.20. The van der Waals surface area contributed by atoms with Gasteiger partial charge in [0.15, 0.2) is 0 Å². The zero-order valence-corrected chi connectivity index (χ0v) is 7.34. The molecule has 1 rings (SSSR count). The fourth-order valence-corrected chi connectivity index (χ4v) is 1.15. The highest BCUT2D eigenvalue weighted by molar-refractivity contribution is 5.89. The quantitative estimate of drug-likeness (QED) is 0.362. The van der Waals surface area contributed by atoms with Crippen LogP contribution in [0.3, 0.4) is 0 Å². The van der Waals surface area contributed by atoms with Crippen molar-refractivity contribution in [1.82, 2.24) is 0 Å². The predicted molar refractivity (Wildman–Crippen MR) is 44.7 cm³/mol. The molecule has 0 radical (unpaired) electrons. The molecule has 0 bridgehead atoms. The number of esters is 1. The van der Waals surface area contributed by atoms with Crippen molar-refractivity contribution in [2.75, 3.05) is 13.2 Å². The summed E-state index contributed by atoms with van der Waals surface area (Å²) in [5, 5.41) is 0. The van der Waals surface area contributed by atoms with Gasteiger partial charge in [-0.05, 0) is 6.92 Å². The maximum Gasteiger partial charge on any atom is 0.333 e. The second kappa shape index (κ2) is 4.26. The second-order valence-electron chi connectivity index (χ2n) is 2.82. The van der Waals surface area contributed by atoms with Gasteiger partial charge in [-0.25, -0.2) is 4.79 Å². The molecule has 0 aliphatic carbocycles. The van der Waals surface area contributed by atoms with Crippen molar-refractivity contribution in [3.8, 4) is 0 Å². The molecule has 0 aromatic rings. The first-order valence-electron chi connectivity index (χ1n) is 4.20. The number of carbonyl (C=O) groups excluding carboxylic acids is 1. The van der Waals surface area contributed by atoms with E-state index in [4.69, 9.17) is 9.47 Å². The van der Waals surface area contributed by atoms with Crippen molar-refractivity contribution in [2.24, 2.45) is 0 Å². The van der Waals surface area contributed by atoms with Gasteiger partial charge in [-0.2, -0.15) is 0 Å². The van der Waals surface area contributed by atoms with Crippen LogP contribution in [0.4, 0.5) is 0 Å². The van der Waals surface area contributed by atoms with E-state index in [0.717, 1.165) is 6.42 Å². The van der Waals surface area contributed by atoms with Gasteiger partial charge >= 0.3 is 5.97 Å². The normalized spacial score (nSPS) is 22.9. The highest BCUT2D eigenvalue weighted by Gasteiger charge is 2.26. The van der Waals surface area contributed by atoms with Crippen LogP contribution >= 0.6 is 0 Å². The van der Waals surface area contributed by atoms with Crippen LogP contribution in [0.25, 0.3) is 0 Å². The molecule has 0 aromatic heterocycles. The topological polar surface area (TPSA) is 35.5 Å². The lowest BCUT2D eigenvalue weighted by molar-refractivity contribution is -0.139. The van der Waals surface area contributed by atoms with Gasteiger partial charge in [0.25, 0.3) is 0 Å². The molecule has 0 N–H and O–H groups in total. The van der Waals surface area contributed by atoms with E-state index >= 15 is 0 Å². The fraction of sp³-hybridized carbons (Fsp3) is 0.667. The molecular formula is C9H14O3. The van der Waals surface area contributed by atoms with Crippen molar-refractivity contribution in [3.63, 3.8) is 0 Å². The maximum absolute atomic E-state index is 10.9. The van der Waals surface area contributed by atoms with Crippen LogP contribution in [0.1, 0.15) is 19.8 Å². The lowest BCUT2D eigenvalue weighted by Gasteiger charge is -2.07. The minimum atomic E-state index is -0.253. The van der Waals surface area contributed by atoms with Gasteiger partial charge in [0, 0.05) is 25.0 Å². The molecule has 3 nitrogen and oxygen atoms in total. The van der Waals surface area contributed by atoms with E-state index in [0.29, 0.717) is 25.2 Å². The Kier molecular flexibility index (Phi) is 3.29. The highest BCUT2D eigenvalue weighted by atomic mass is 16.6. The molecule has 1 fully saturated rings. The average Bonchev–Trinajstić information content (AvgIpc) is 2.32. The molecule has 12 heavy (non-hydrogen) atoms. The van der Waals surface area contributed by atoms with Crippen molar-refractivity contribution < 1.29 is 14.3 Å². The Morgan fingerprint density at radius 3 is 3.00 bits per heavy atom. The Hall–Kier alpha value is -0.830. The molecule has 68 valence electrons. The summed E-state index contributed by atoms with van der Waals surface area (Å²) in [6.07, 6.45) is 1.43. The van der Waals surface area contributed by atoms with E-state index in [1.807, 2.05) is 6.92 Å². The maximum atomic E-state index is 10.9. The summed E-state index contributed by atoms with van der Waals surface area (Å²) in [6.45, 7) is 6.91. The zero-order chi connectivity index (χ0) is 8.97. The van der Waals surface area contributed by atoms with E-state index in [9.17, 15) is 4.79 Å². The van der Waals surface area contributed by atoms with Crippen LogP contribution in [0.2, 0.25) is 0 Å². The molecule has 1 heterocycles. The van der Waals surface area contributed by atoms with Crippen LogP contribution in [0.5, 0.6) is 0 Å². The molecule has 0 spiro atoms. The summed E-state index contributed by atoms with van der Waals surface area (Å²) >= 11 is 0. The molecular weight excluding hydrogens is 156 g/mol. The van der Waals surface area contributed by atoms with Crippen LogP contribution in [0.15, 0.2) is 12.2 Å². The lowest BCUT2D eigenvalue weighted by atomic mass is 10.1. The molecule has 0 amide bonds. The van der Waals surface area contributed by atoms with Crippen molar-refractivity contribution in [2.45, 2.75) is 25.9 Å². The monoisotopic (exact) mass is 170 g/mol. The summed E-state index contributed by atoms with van der Waals surface area (Å²) in [5.41, 5.74) is 0.580. The van der Waals surface area contributed by atoms with Crippen molar-refractivity contribution >= 4 is 5.97 Å². The number of cyclic esters (lactones) is 1. The fourth-order valence-electron chi connectivity index (χ4n) is 1.15. The number of ether oxygens (including phenoxy) is 2. The Morgan fingerprint density at radius 2 is 2.50 bits per heavy atom. The minimum absolute atomic E-state index is 0.00319. The van der Waals surface area contributed by atoms with Gasteiger partial charge in [-0.3, -0.25) is 0 Å². The molecule has 1 atom stereocenters. The Bertz CT molecular complexity index is 170. The first kappa shape index (κ1) is 9.26. The standard InChI is InChI=1S/C9H14O3/c1-3-11-5-4-8-6-7(2)9(10)12-8/h8H,2-6H2,1H3.